The maximum absolute atomic E-state index is 5.91. The predicted octanol–water partition coefficient (Wildman–Crippen LogP) is 2.64. The number of rotatable bonds is 4. The molecular weight excluding hydrogens is 146 g/mol. The van der Waals surface area contributed by atoms with E-state index in [1.807, 2.05) is 6.08 Å². The molecule has 2 atom stereocenters. The van der Waals surface area contributed by atoms with Crippen molar-refractivity contribution in [2.75, 3.05) is 0 Å². The highest BCUT2D eigenvalue weighted by Gasteiger charge is 2.11. The van der Waals surface area contributed by atoms with Gasteiger partial charge in [-0.1, -0.05) is 18.2 Å². The second kappa shape index (κ2) is 5.15. The van der Waals surface area contributed by atoms with Gasteiger partial charge in [0.25, 0.3) is 0 Å². The first kappa shape index (κ1) is 9.53. The third-order valence-corrected chi connectivity index (χ3v) is 2.43. The van der Waals surface area contributed by atoms with Crippen LogP contribution in [0.5, 0.6) is 0 Å². The van der Waals surface area contributed by atoms with E-state index in [-0.39, 0.29) is 0 Å². The van der Waals surface area contributed by atoms with Gasteiger partial charge in [-0.15, -0.1) is 6.58 Å². The van der Waals surface area contributed by atoms with Crippen LogP contribution in [0.2, 0.25) is 0 Å². The summed E-state index contributed by atoms with van der Waals surface area (Å²) >= 11 is 0. The smallest absolute Gasteiger partial charge is 0.00789 e. The zero-order valence-corrected chi connectivity index (χ0v) is 7.71. The van der Waals surface area contributed by atoms with Crippen LogP contribution in [-0.2, 0) is 0 Å². The Morgan fingerprint density at radius 1 is 1.67 bits per heavy atom. The van der Waals surface area contributed by atoms with E-state index >= 15 is 0 Å². The van der Waals surface area contributed by atoms with Gasteiger partial charge in [0.1, 0.15) is 0 Å². The van der Waals surface area contributed by atoms with E-state index in [0.717, 1.165) is 18.8 Å². The summed E-state index contributed by atoms with van der Waals surface area (Å²) in [6.07, 6.45) is 12.5. The van der Waals surface area contributed by atoms with Gasteiger partial charge in [-0.3, -0.25) is 0 Å². The summed E-state index contributed by atoms with van der Waals surface area (Å²) in [7, 11) is 0. The highest BCUT2D eigenvalue weighted by Crippen LogP contribution is 2.21. The normalized spacial score (nSPS) is 25.2. The van der Waals surface area contributed by atoms with E-state index in [1.165, 1.54) is 19.3 Å². The molecule has 2 unspecified atom stereocenters. The van der Waals surface area contributed by atoms with Crippen LogP contribution in [0.3, 0.4) is 0 Å². The Bertz CT molecular complexity index is 160. The summed E-state index contributed by atoms with van der Waals surface area (Å²) in [5.41, 5.74) is 5.91. The first-order valence-electron chi connectivity index (χ1n) is 4.86. The third-order valence-electron chi connectivity index (χ3n) is 2.43. The van der Waals surface area contributed by atoms with Crippen molar-refractivity contribution in [1.82, 2.24) is 0 Å². The molecule has 0 saturated heterocycles. The van der Waals surface area contributed by atoms with Crippen LogP contribution >= 0.6 is 0 Å². The van der Waals surface area contributed by atoms with Gasteiger partial charge in [-0.25, -0.2) is 0 Å². The average Bonchev–Trinajstić information content (AvgIpc) is 2.06. The second-order valence-corrected chi connectivity index (χ2v) is 3.64. The summed E-state index contributed by atoms with van der Waals surface area (Å²) in [4.78, 5) is 0. The summed E-state index contributed by atoms with van der Waals surface area (Å²) < 4.78 is 0. The van der Waals surface area contributed by atoms with Gasteiger partial charge in [0, 0.05) is 6.04 Å². The first-order chi connectivity index (χ1) is 5.83. The average molecular weight is 165 g/mol. The number of hydrogen-bond acceptors (Lipinski definition) is 1. The Labute approximate surface area is 75.3 Å². The van der Waals surface area contributed by atoms with E-state index in [0.29, 0.717) is 6.04 Å². The summed E-state index contributed by atoms with van der Waals surface area (Å²) in [6.45, 7) is 3.70. The minimum absolute atomic E-state index is 0.315. The molecule has 0 aromatic rings. The van der Waals surface area contributed by atoms with Crippen LogP contribution in [0.25, 0.3) is 0 Å². The molecule has 68 valence electrons. The van der Waals surface area contributed by atoms with Gasteiger partial charge < -0.3 is 5.73 Å². The molecule has 0 heterocycles. The lowest BCUT2D eigenvalue weighted by Gasteiger charge is -2.19. The van der Waals surface area contributed by atoms with Crippen molar-refractivity contribution in [3.8, 4) is 0 Å². The van der Waals surface area contributed by atoms with Gasteiger partial charge in [0.15, 0.2) is 0 Å². The van der Waals surface area contributed by atoms with Gasteiger partial charge in [-0.05, 0) is 38.0 Å². The summed E-state index contributed by atoms with van der Waals surface area (Å²) in [6, 6.07) is 0.315. The molecular formula is C11H19N. The van der Waals surface area contributed by atoms with E-state index in [1.54, 1.807) is 0 Å². The fourth-order valence-corrected chi connectivity index (χ4v) is 1.78. The fraction of sp³-hybridized carbons (Fsp3) is 0.636. The predicted molar refractivity (Wildman–Crippen MR) is 53.9 cm³/mol. The molecule has 0 aromatic heterocycles. The SMILES string of the molecule is C=CCC(N)CC1C=CCCC1. The van der Waals surface area contributed by atoms with E-state index in [4.69, 9.17) is 5.73 Å². The molecule has 12 heavy (non-hydrogen) atoms. The van der Waals surface area contributed by atoms with Crippen molar-refractivity contribution >= 4 is 0 Å². The zero-order chi connectivity index (χ0) is 8.81. The van der Waals surface area contributed by atoms with Crippen LogP contribution in [0.4, 0.5) is 0 Å². The molecule has 1 rings (SSSR count). The van der Waals surface area contributed by atoms with Gasteiger partial charge in [0.05, 0.1) is 0 Å². The molecule has 2 N–H and O–H groups in total. The van der Waals surface area contributed by atoms with Crippen LogP contribution in [-0.4, -0.2) is 6.04 Å². The van der Waals surface area contributed by atoms with Crippen molar-refractivity contribution in [2.45, 2.75) is 38.1 Å². The van der Waals surface area contributed by atoms with Gasteiger partial charge in [-0.2, -0.15) is 0 Å². The number of nitrogens with two attached hydrogens (primary N) is 1. The summed E-state index contributed by atoms with van der Waals surface area (Å²) in [5, 5.41) is 0. The van der Waals surface area contributed by atoms with Crippen molar-refractivity contribution in [2.24, 2.45) is 11.7 Å². The van der Waals surface area contributed by atoms with Crippen LogP contribution in [0.15, 0.2) is 24.8 Å². The van der Waals surface area contributed by atoms with Crippen molar-refractivity contribution in [1.29, 1.82) is 0 Å². The lowest BCUT2D eigenvalue weighted by molar-refractivity contribution is 0.453. The molecule has 0 bridgehead atoms. The van der Waals surface area contributed by atoms with Crippen molar-refractivity contribution in [3.05, 3.63) is 24.8 Å². The Morgan fingerprint density at radius 3 is 3.08 bits per heavy atom. The molecule has 0 aromatic carbocycles. The molecule has 0 spiro atoms. The van der Waals surface area contributed by atoms with Gasteiger partial charge in [0.2, 0.25) is 0 Å². The van der Waals surface area contributed by atoms with Crippen molar-refractivity contribution < 1.29 is 0 Å². The molecule has 1 heteroatoms. The molecule has 0 radical (unpaired) electrons. The fourth-order valence-electron chi connectivity index (χ4n) is 1.78. The number of allylic oxidation sites excluding steroid dienone is 2. The molecule has 0 fully saturated rings. The Hall–Kier alpha value is -0.560. The topological polar surface area (TPSA) is 26.0 Å². The van der Waals surface area contributed by atoms with Crippen LogP contribution in [0, 0.1) is 5.92 Å². The standard InChI is InChI=1S/C11H19N/c1-2-6-11(12)9-10-7-4-3-5-8-10/h2,4,7,10-11H,1,3,5-6,8-9,12H2. The molecule has 1 aliphatic rings. The largest absolute Gasteiger partial charge is 0.327 e. The highest BCUT2D eigenvalue weighted by atomic mass is 14.6. The minimum atomic E-state index is 0.315. The molecule has 1 aliphatic carbocycles. The Morgan fingerprint density at radius 2 is 2.50 bits per heavy atom. The monoisotopic (exact) mass is 165 g/mol. The molecule has 0 saturated carbocycles. The summed E-state index contributed by atoms with van der Waals surface area (Å²) in [5.74, 6) is 0.730. The lowest BCUT2D eigenvalue weighted by atomic mass is 9.89. The zero-order valence-electron chi connectivity index (χ0n) is 7.71. The maximum atomic E-state index is 5.91. The van der Waals surface area contributed by atoms with Crippen LogP contribution < -0.4 is 5.73 Å². The van der Waals surface area contributed by atoms with Crippen LogP contribution in [0.1, 0.15) is 32.1 Å². The first-order valence-corrected chi connectivity index (χ1v) is 4.86. The number of hydrogen-bond donors (Lipinski definition) is 1. The van der Waals surface area contributed by atoms with E-state index in [2.05, 4.69) is 18.7 Å². The highest BCUT2D eigenvalue weighted by molar-refractivity contribution is 4.94. The Balaban J connectivity index is 2.24. The van der Waals surface area contributed by atoms with Crippen molar-refractivity contribution in [3.63, 3.8) is 0 Å². The quantitative estimate of drug-likeness (QED) is 0.637. The maximum Gasteiger partial charge on any atom is 0.00789 e. The Kier molecular flexibility index (Phi) is 4.09. The molecule has 0 amide bonds. The lowest BCUT2D eigenvalue weighted by Crippen LogP contribution is -2.22. The third kappa shape index (κ3) is 3.22. The second-order valence-electron chi connectivity index (χ2n) is 3.64. The van der Waals surface area contributed by atoms with E-state index < -0.39 is 0 Å². The van der Waals surface area contributed by atoms with Gasteiger partial charge >= 0.3 is 0 Å². The van der Waals surface area contributed by atoms with E-state index in [9.17, 15) is 0 Å². The minimum Gasteiger partial charge on any atom is -0.327 e. The molecule has 1 nitrogen and oxygen atoms in total. The molecule has 0 aliphatic heterocycles.